The fourth-order valence-corrected chi connectivity index (χ4v) is 3.10. The Balaban J connectivity index is 2.34. The predicted octanol–water partition coefficient (Wildman–Crippen LogP) is 3.75. The van der Waals surface area contributed by atoms with Gasteiger partial charge < -0.3 is 0 Å². The number of aryl methyl sites for hydroxylation is 1. The van der Waals surface area contributed by atoms with Crippen LogP contribution in [0.5, 0.6) is 0 Å². The van der Waals surface area contributed by atoms with Crippen LogP contribution in [0.25, 0.3) is 0 Å². The fraction of sp³-hybridized carbons (Fsp3) is 0.857. The number of rotatable bonds is 11. The van der Waals surface area contributed by atoms with Crippen LogP contribution in [-0.4, -0.2) is 9.59 Å². The Bertz CT molecular complexity index is 327. The molecule has 0 fully saturated rings. The third-order valence-corrected chi connectivity index (χ3v) is 4.32. The molecule has 1 heterocycles. The highest BCUT2D eigenvalue weighted by atomic mass is 32.1. The van der Waals surface area contributed by atoms with Crippen LogP contribution in [-0.2, 0) is 6.42 Å². The molecule has 1 atom stereocenters. The van der Waals surface area contributed by atoms with Crippen molar-refractivity contribution >= 4 is 11.5 Å². The molecule has 1 unspecified atom stereocenters. The quantitative estimate of drug-likeness (QED) is 0.369. The van der Waals surface area contributed by atoms with Gasteiger partial charge >= 0.3 is 0 Å². The molecule has 0 aliphatic carbocycles. The summed E-state index contributed by atoms with van der Waals surface area (Å²) >= 11 is 1.49. The average molecular weight is 284 g/mol. The van der Waals surface area contributed by atoms with Gasteiger partial charge in [0, 0.05) is 0 Å². The van der Waals surface area contributed by atoms with Crippen molar-refractivity contribution < 1.29 is 0 Å². The highest BCUT2D eigenvalue weighted by Gasteiger charge is 2.17. The monoisotopic (exact) mass is 284 g/mol. The predicted molar refractivity (Wildman–Crippen MR) is 82.0 cm³/mol. The SMILES string of the molecule is CCCCCCCCC(NN)c1snnc1CCC. The Morgan fingerprint density at radius 1 is 1.11 bits per heavy atom. The van der Waals surface area contributed by atoms with Crippen LogP contribution in [0.15, 0.2) is 0 Å². The van der Waals surface area contributed by atoms with E-state index in [0.29, 0.717) is 0 Å². The third-order valence-electron chi connectivity index (χ3n) is 3.44. The number of aromatic nitrogens is 2. The highest BCUT2D eigenvalue weighted by molar-refractivity contribution is 7.05. The Hall–Kier alpha value is -0.520. The highest BCUT2D eigenvalue weighted by Crippen LogP contribution is 2.25. The molecule has 1 aromatic rings. The van der Waals surface area contributed by atoms with Gasteiger partial charge in [-0.05, 0) is 24.4 Å². The minimum Gasteiger partial charge on any atom is -0.271 e. The maximum Gasteiger partial charge on any atom is 0.0804 e. The molecule has 0 saturated carbocycles. The first-order valence-corrected chi connectivity index (χ1v) is 8.38. The van der Waals surface area contributed by atoms with E-state index in [1.54, 1.807) is 0 Å². The van der Waals surface area contributed by atoms with Crippen molar-refractivity contribution in [2.75, 3.05) is 0 Å². The lowest BCUT2D eigenvalue weighted by molar-refractivity contribution is 0.479. The summed E-state index contributed by atoms with van der Waals surface area (Å²) in [7, 11) is 0. The number of hydrazine groups is 1. The van der Waals surface area contributed by atoms with E-state index in [1.165, 1.54) is 54.9 Å². The summed E-state index contributed by atoms with van der Waals surface area (Å²) < 4.78 is 4.07. The molecular formula is C14H28N4S. The van der Waals surface area contributed by atoms with E-state index in [9.17, 15) is 0 Å². The van der Waals surface area contributed by atoms with E-state index in [-0.39, 0.29) is 6.04 Å². The number of unbranched alkanes of at least 4 members (excludes halogenated alkanes) is 5. The molecule has 19 heavy (non-hydrogen) atoms. The van der Waals surface area contributed by atoms with E-state index >= 15 is 0 Å². The Labute approximate surface area is 121 Å². The zero-order chi connectivity index (χ0) is 13.9. The molecule has 0 aliphatic heterocycles. The van der Waals surface area contributed by atoms with E-state index in [1.807, 2.05) is 0 Å². The van der Waals surface area contributed by atoms with Crippen LogP contribution in [0.1, 0.15) is 81.8 Å². The number of nitrogens with two attached hydrogens (primary N) is 1. The molecule has 0 radical (unpaired) electrons. The summed E-state index contributed by atoms with van der Waals surface area (Å²) in [6.45, 7) is 4.42. The van der Waals surface area contributed by atoms with Crippen molar-refractivity contribution in [3.05, 3.63) is 10.6 Å². The van der Waals surface area contributed by atoms with Crippen molar-refractivity contribution in [1.29, 1.82) is 0 Å². The molecule has 1 rings (SSSR count). The van der Waals surface area contributed by atoms with Gasteiger partial charge in [-0.3, -0.25) is 11.3 Å². The molecule has 110 valence electrons. The lowest BCUT2D eigenvalue weighted by Crippen LogP contribution is -2.28. The molecule has 4 nitrogen and oxygen atoms in total. The lowest BCUT2D eigenvalue weighted by Gasteiger charge is -2.14. The van der Waals surface area contributed by atoms with Crippen molar-refractivity contribution in [1.82, 2.24) is 15.0 Å². The van der Waals surface area contributed by atoms with Gasteiger partial charge in [0.1, 0.15) is 0 Å². The van der Waals surface area contributed by atoms with Crippen LogP contribution >= 0.6 is 11.5 Å². The first-order chi connectivity index (χ1) is 9.33. The second-order valence-corrected chi connectivity index (χ2v) is 5.90. The second kappa shape index (κ2) is 10.3. The topological polar surface area (TPSA) is 63.8 Å². The molecule has 0 amide bonds. The van der Waals surface area contributed by atoms with Crippen molar-refractivity contribution in [2.45, 2.75) is 77.7 Å². The molecule has 5 heteroatoms. The average Bonchev–Trinajstić information content (AvgIpc) is 2.87. The smallest absolute Gasteiger partial charge is 0.0804 e. The van der Waals surface area contributed by atoms with Gasteiger partial charge in [0.05, 0.1) is 16.6 Å². The molecule has 0 aromatic carbocycles. The van der Waals surface area contributed by atoms with Crippen LogP contribution in [0.4, 0.5) is 0 Å². The van der Waals surface area contributed by atoms with Gasteiger partial charge in [-0.15, -0.1) is 5.10 Å². The van der Waals surface area contributed by atoms with E-state index < -0.39 is 0 Å². The van der Waals surface area contributed by atoms with Crippen molar-refractivity contribution in [3.63, 3.8) is 0 Å². The second-order valence-electron chi connectivity index (χ2n) is 5.11. The summed E-state index contributed by atoms with van der Waals surface area (Å²) in [5.74, 6) is 5.69. The molecule has 0 saturated heterocycles. The third kappa shape index (κ3) is 5.97. The van der Waals surface area contributed by atoms with Crippen LogP contribution < -0.4 is 11.3 Å². The number of nitrogens with zero attached hydrogens (tertiary/aromatic N) is 2. The van der Waals surface area contributed by atoms with E-state index in [2.05, 4.69) is 28.9 Å². The minimum absolute atomic E-state index is 0.229. The summed E-state index contributed by atoms with van der Waals surface area (Å²) in [6.07, 6.45) is 11.1. The number of hydrogen-bond donors (Lipinski definition) is 2. The molecule has 3 N–H and O–H groups in total. The summed E-state index contributed by atoms with van der Waals surface area (Å²) in [5.41, 5.74) is 4.06. The van der Waals surface area contributed by atoms with Crippen LogP contribution in [0.2, 0.25) is 0 Å². The molecule has 0 aliphatic rings. The van der Waals surface area contributed by atoms with Gasteiger partial charge in [-0.1, -0.05) is 63.3 Å². The maximum atomic E-state index is 5.69. The molecule has 0 bridgehead atoms. The van der Waals surface area contributed by atoms with Gasteiger partial charge in [-0.2, -0.15) is 0 Å². The lowest BCUT2D eigenvalue weighted by atomic mass is 10.0. The zero-order valence-corrected chi connectivity index (χ0v) is 13.1. The maximum absolute atomic E-state index is 5.69. The molecule has 1 aromatic heterocycles. The fourth-order valence-electron chi connectivity index (χ4n) is 2.31. The Kier molecular flexibility index (Phi) is 8.95. The van der Waals surface area contributed by atoms with E-state index in [4.69, 9.17) is 5.84 Å². The number of hydrogen-bond acceptors (Lipinski definition) is 5. The van der Waals surface area contributed by atoms with Crippen molar-refractivity contribution in [2.24, 2.45) is 5.84 Å². The van der Waals surface area contributed by atoms with Crippen molar-refractivity contribution in [3.8, 4) is 0 Å². The van der Waals surface area contributed by atoms with Gasteiger partial charge in [0.15, 0.2) is 0 Å². The van der Waals surface area contributed by atoms with Crippen LogP contribution in [0.3, 0.4) is 0 Å². The van der Waals surface area contributed by atoms with Gasteiger partial charge in [0.25, 0.3) is 0 Å². The Morgan fingerprint density at radius 3 is 2.53 bits per heavy atom. The van der Waals surface area contributed by atoms with E-state index in [0.717, 1.165) is 25.0 Å². The first kappa shape index (κ1) is 16.5. The first-order valence-electron chi connectivity index (χ1n) is 7.60. The standard InChI is InChI=1S/C14H28N4S/c1-3-5-6-7-8-9-11-12(16-15)14-13(10-4-2)17-18-19-14/h12,16H,3-11,15H2,1-2H3. The summed E-state index contributed by atoms with van der Waals surface area (Å²) in [6, 6.07) is 0.229. The Morgan fingerprint density at radius 2 is 1.84 bits per heavy atom. The summed E-state index contributed by atoms with van der Waals surface area (Å²) in [4.78, 5) is 1.23. The zero-order valence-electron chi connectivity index (χ0n) is 12.3. The summed E-state index contributed by atoms with van der Waals surface area (Å²) in [5, 5.41) is 4.22. The normalized spacial score (nSPS) is 12.8. The number of nitrogens with one attached hydrogen (secondary N) is 1. The van der Waals surface area contributed by atoms with Crippen LogP contribution in [0, 0.1) is 0 Å². The van der Waals surface area contributed by atoms with Gasteiger partial charge in [-0.25, -0.2) is 0 Å². The largest absolute Gasteiger partial charge is 0.271 e. The minimum atomic E-state index is 0.229. The molecule has 0 spiro atoms. The van der Waals surface area contributed by atoms with Gasteiger partial charge in [0.2, 0.25) is 0 Å². The molecular weight excluding hydrogens is 256 g/mol.